The normalized spacial score (nSPS) is 11.8. The van der Waals surface area contributed by atoms with Crippen LogP contribution in [0.4, 0.5) is 8.78 Å². The number of ether oxygens (including phenoxy) is 1. The van der Waals surface area contributed by atoms with Crippen molar-refractivity contribution in [2.45, 2.75) is 11.8 Å². The van der Waals surface area contributed by atoms with Gasteiger partial charge in [0.05, 0.1) is 18.2 Å². The van der Waals surface area contributed by atoms with Gasteiger partial charge in [-0.05, 0) is 41.1 Å². The molecule has 0 bridgehead atoms. The molecule has 0 aliphatic rings. The van der Waals surface area contributed by atoms with Crippen LogP contribution in [0.15, 0.2) is 58.3 Å². The van der Waals surface area contributed by atoms with E-state index in [9.17, 15) is 17.2 Å². The summed E-state index contributed by atoms with van der Waals surface area (Å²) in [6.07, 6.45) is 2.58. The number of fused-ring (bicyclic) bond motifs is 1. The molecule has 0 atom stereocenters. The lowest BCUT2D eigenvalue weighted by atomic mass is 10.1. The second-order valence-corrected chi connectivity index (χ2v) is 9.12. The summed E-state index contributed by atoms with van der Waals surface area (Å²) in [4.78, 5) is 8.52. The summed E-state index contributed by atoms with van der Waals surface area (Å²) in [5.41, 5.74) is 1.23. The Balaban J connectivity index is 2.06. The van der Waals surface area contributed by atoms with E-state index in [1.165, 1.54) is 31.6 Å². The number of halogens is 3. The van der Waals surface area contributed by atoms with Crippen molar-refractivity contribution < 1.29 is 21.9 Å². The van der Waals surface area contributed by atoms with Crippen LogP contribution >= 0.6 is 15.9 Å². The molecule has 0 aliphatic carbocycles. The zero-order chi connectivity index (χ0) is 21.6. The molecule has 0 N–H and O–H groups in total. The minimum absolute atomic E-state index is 0.0143. The van der Waals surface area contributed by atoms with Crippen LogP contribution in [0.5, 0.6) is 5.75 Å². The van der Waals surface area contributed by atoms with E-state index in [4.69, 9.17) is 4.74 Å². The second kappa shape index (κ2) is 7.44. The van der Waals surface area contributed by atoms with Crippen LogP contribution in [0.3, 0.4) is 0 Å². The van der Waals surface area contributed by atoms with Gasteiger partial charge in [-0.1, -0.05) is 17.7 Å². The van der Waals surface area contributed by atoms with Crippen molar-refractivity contribution in [1.29, 1.82) is 0 Å². The lowest BCUT2D eigenvalue weighted by Gasteiger charge is -2.09. The smallest absolute Gasteiger partial charge is 0.269 e. The van der Waals surface area contributed by atoms with Gasteiger partial charge in [-0.2, -0.15) is 0 Å². The summed E-state index contributed by atoms with van der Waals surface area (Å²) in [7, 11) is -2.81. The largest absolute Gasteiger partial charge is 0.493 e. The van der Waals surface area contributed by atoms with Gasteiger partial charge in [0.1, 0.15) is 15.9 Å². The highest BCUT2D eigenvalue weighted by atomic mass is 79.9. The molecule has 4 aromatic rings. The summed E-state index contributed by atoms with van der Waals surface area (Å²) >= 11 is 3.20. The molecule has 2 heterocycles. The van der Waals surface area contributed by atoms with E-state index in [0.29, 0.717) is 10.7 Å². The molecule has 0 radical (unpaired) electrons. The van der Waals surface area contributed by atoms with Crippen molar-refractivity contribution in [1.82, 2.24) is 13.9 Å². The van der Waals surface area contributed by atoms with Crippen molar-refractivity contribution in [2.75, 3.05) is 7.11 Å². The van der Waals surface area contributed by atoms with Crippen LogP contribution in [0.2, 0.25) is 0 Å². The lowest BCUT2D eigenvalue weighted by molar-refractivity contribution is 0.386. The first-order chi connectivity index (χ1) is 14.2. The number of benzene rings is 2. The molecule has 0 aliphatic heterocycles. The van der Waals surface area contributed by atoms with E-state index >= 15 is 0 Å². The van der Waals surface area contributed by atoms with Gasteiger partial charge < -0.3 is 4.74 Å². The Bertz CT molecular complexity index is 1390. The number of hydrogen-bond acceptors (Lipinski definition) is 5. The fourth-order valence-corrected chi connectivity index (χ4v) is 4.71. The van der Waals surface area contributed by atoms with Crippen molar-refractivity contribution in [3.05, 3.63) is 70.6 Å². The molecule has 2 aromatic heterocycles. The summed E-state index contributed by atoms with van der Waals surface area (Å²) in [6.45, 7) is 1.84. The van der Waals surface area contributed by atoms with E-state index in [1.54, 1.807) is 12.1 Å². The molecule has 30 heavy (non-hydrogen) atoms. The third-order valence-corrected chi connectivity index (χ3v) is 6.56. The van der Waals surface area contributed by atoms with Gasteiger partial charge in [-0.3, -0.25) is 0 Å². The zero-order valence-electron chi connectivity index (χ0n) is 15.7. The number of methoxy groups -OCH3 is 1. The maximum Gasteiger partial charge on any atom is 0.269 e. The van der Waals surface area contributed by atoms with Crippen LogP contribution in [0.1, 0.15) is 5.56 Å². The van der Waals surface area contributed by atoms with Crippen LogP contribution in [0.25, 0.3) is 22.3 Å². The maximum absolute atomic E-state index is 14.3. The zero-order valence-corrected chi connectivity index (χ0v) is 18.1. The van der Waals surface area contributed by atoms with Crippen LogP contribution in [-0.2, 0) is 10.0 Å². The molecule has 4 rings (SSSR count). The number of aromatic nitrogens is 3. The summed E-state index contributed by atoms with van der Waals surface area (Å²) in [5, 5.41) is 0. The summed E-state index contributed by atoms with van der Waals surface area (Å²) in [5.74, 6) is -1.99. The van der Waals surface area contributed by atoms with E-state index < -0.39 is 21.7 Å². The molecule has 154 valence electrons. The standard InChI is InChI=1S/C20H14BrF2N3O3S/c1-11-3-5-13(6-4-11)30(27,28)26-10-15(18-20(26)24-9-17(21)25-18)14-7-12(22)8-16(23)19(14)29-2/h3-10H,1-2H3. The predicted octanol–water partition coefficient (Wildman–Crippen LogP) is 4.69. The fourth-order valence-electron chi connectivity index (χ4n) is 3.11. The van der Waals surface area contributed by atoms with Crippen LogP contribution < -0.4 is 4.74 Å². The number of hydrogen-bond donors (Lipinski definition) is 0. The van der Waals surface area contributed by atoms with Gasteiger partial charge in [-0.25, -0.2) is 31.1 Å². The highest BCUT2D eigenvalue weighted by molar-refractivity contribution is 9.10. The van der Waals surface area contributed by atoms with Gasteiger partial charge >= 0.3 is 0 Å². The Morgan fingerprint density at radius 3 is 2.47 bits per heavy atom. The van der Waals surface area contributed by atoms with Gasteiger partial charge in [0.15, 0.2) is 17.2 Å². The molecule has 0 spiro atoms. The van der Waals surface area contributed by atoms with Crippen LogP contribution in [0, 0.1) is 18.6 Å². The summed E-state index contributed by atoms with van der Waals surface area (Å²) < 4.78 is 61.2. The summed E-state index contributed by atoms with van der Waals surface area (Å²) in [6, 6.07) is 8.05. The highest BCUT2D eigenvalue weighted by Gasteiger charge is 2.26. The molecule has 6 nitrogen and oxygen atoms in total. The Hall–Kier alpha value is -2.85. The second-order valence-electron chi connectivity index (χ2n) is 6.49. The Morgan fingerprint density at radius 1 is 1.10 bits per heavy atom. The average Bonchev–Trinajstić information content (AvgIpc) is 3.07. The van der Waals surface area contributed by atoms with E-state index in [2.05, 4.69) is 25.9 Å². The molecular formula is C20H14BrF2N3O3S. The first-order valence-corrected chi connectivity index (χ1v) is 10.8. The van der Waals surface area contributed by atoms with Gasteiger partial charge in [-0.15, -0.1) is 0 Å². The van der Waals surface area contributed by atoms with Crippen molar-refractivity contribution in [2.24, 2.45) is 0 Å². The number of rotatable bonds is 4. The van der Waals surface area contributed by atoms with Gasteiger partial charge in [0.2, 0.25) is 0 Å². The van der Waals surface area contributed by atoms with E-state index in [-0.39, 0.29) is 32.9 Å². The van der Waals surface area contributed by atoms with Gasteiger partial charge in [0.25, 0.3) is 10.0 Å². The Labute approximate surface area is 179 Å². The third kappa shape index (κ3) is 3.35. The fraction of sp³-hybridized carbons (Fsp3) is 0.100. The highest BCUT2D eigenvalue weighted by Crippen LogP contribution is 2.38. The average molecular weight is 494 g/mol. The third-order valence-electron chi connectivity index (χ3n) is 4.51. The van der Waals surface area contributed by atoms with Crippen molar-refractivity contribution in [3.63, 3.8) is 0 Å². The molecule has 2 aromatic carbocycles. The van der Waals surface area contributed by atoms with E-state index in [0.717, 1.165) is 15.6 Å². The first kappa shape index (κ1) is 20.4. The van der Waals surface area contributed by atoms with Crippen molar-refractivity contribution in [3.8, 4) is 16.9 Å². The quantitative estimate of drug-likeness (QED) is 0.412. The predicted molar refractivity (Wildman–Crippen MR) is 111 cm³/mol. The minimum atomic E-state index is -4.05. The minimum Gasteiger partial charge on any atom is -0.493 e. The number of nitrogens with zero attached hydrogens (tertiary/aromatic N) is 3. The Morgan fingerprint density at radius 2 is 1.80 bits per heavy atom. The molecule has 0 saturated carbocycles. The molecule has 0 fully saturated rings. The Kier molecular flexibility index (Phi) is 5.07. The van der Waals surface area contributed by atoms with Gasteiger partial charge in [0, 0.05) is 23.4 Å². The SMILES string of the molecule is COc1c(F)cc(F)cc1-c1cn(S(=O)(=O)c2ccc(C)cc2)c2ncc(Br)nc12. The molecule has 0 unspecified atom stereocenters. The maximum atomic E-state index is 14.3. The van der Waals surface area contributed by atoms with Crippen LogP contribution in [-0.4, -0.2) is 29.5 Å². The molecular weight excluding hydrogens is 480 g/mol. The number of aryl methyl sites for hydroxylation is 1. The monoisotopic (exact) mass is 493 g/mol. The van der Waals surface area contributed by atoms with E-state index in [1.807, 2.05) is 6.92 Å². The molecule has 0 saturated heterocycles. The first-order valence-electron chi connectivity index (χ1n) is 8.61. The molecule has 0 amide bonds. The van der Waals surface area contributed by atoms with Crippen molar-refractivity contribution >= 4 is 37.1 Å². The lowest BCUT2D eigenvalue weighted by Crippen LogP contribution is -2.12. The molecule has 10 heteroatoms. The topological polar surface area (TPSA) is 74.1 Å².